The van der Waals surface area contributed by atoms with E-state index in [0.29, 0.717) is 30.6 Å². The number of hydrogen-bond donors (Lipinski definition) is 6. The molecule has 4 atom stereocenters. The van der Waals surface area contributed by atoms with Crippen molar-refractivity contribution in [2.75, 3.05) is 53.4 Å². The van der Waals surface area contributed by atoms with Crippen molar-refractivity contribution in [2.24, 2.45) is 17.6 Å². The average Bonchev–Trinajstić information content (AvgIpc) is 2.97. The minimum absolute atomic E-state index is 0.0130. The molecular formula is C32H46N4O8. The number of aliphatic hydroxyl groups excluding tert-OH is 2. The van der Waals surface area contributed by atoms with Gasteiger partial charge in [0, 0.05) is 62.4 Å². The van der Waals surface area contributed by atoms with Gasteiger partial charge < -0.3 is 46.0 Å². The van der Waals surface area contributed by atoms with Crippen LogP contribution in [0.25, 0.3) is 0 Å². The predicted octanol–water partition coefficient (Wildman–Crippen LogP) is 0.598. The van der Waals surface area contributed by atoms with Crippen LogP contribution in [0.15, 0.2) is 30.3 Å². The van der Waals surface area contributed by atoms with Crippen molar-refractivity contribution < 1.29 is 39.5 Å². The van der Waals surface area contributed by atoms with Crippen molar-refractivity contribution in [1.82, 2.24) is 10.2 Å². The molecule has 2 aromatic carbocycles. The van der Waals surface area contributed by atoms with Crippen LogP contribution in [0.3, 0.4) is 0 Å². The van der Waals surface area contributed by atoms with Crippen LogP contribution in [0.2, 0.25) is 0 Å². The molecule has 0 aliphatic heterocycles. The zero-order valence-corrected chi connectivity index (χ0v) is 26.2. The number of nitrogens with zero attached hydrogens (tertiary/aromatic N) is 2. The van der Waals surface area contributed by atoms with Gasteiger partial charge in [-0.2, -0.15) is 0 Å². The van der Waals surface area contributed by atoms with E-state index in [0.717, 1.165) is 17.0 Å². The van der Waals surface area contributed by atoms with Crippen molar-refractivity contribution in [3.05, 3.63) is 52.6 Å². The van der Waals surface area contributed by atoms with Gasteiger partial charge in [-0.05, 0) is 50.6 Å². The van der Waals surface area contributed by atoms with Gasteiger partial charge >= 0.3 is 0 Å². The summed E-state index contributed by atoms with van der Waals surface area (Å²) in [5.74, 6) is -2.98. The van der Waals surface area contributed by atoms with Gasteiger partial charge in [0.15, 0.2) is 17.2 Å². The highest BCUT2D eigenvalue weighted by molar-refractivity contribution is 6.03. The van der Waals surface area contributed by atoms with E-state index >= 15 is 0 Å². The Morgan fingerprint density at radius 2 is 1.77 bits per heavy atom. The first-order valence-corrected chi connectivity index (χ1v) is 14.6. The molecule has 0 heterocycles. The molecule has 1 aliphatic carbocycles. The number of phenols is 1. The fourth-order valence-electron chi connectivity index (χ4n) is 6.27. The number of anilines is 1. The first kappa shape index (κ1) is 34.9. The number of rotatable bonds is 16. The van der Waals surface area contributed by atoms with E-state index in [9.17, 15) is 34.8 Å². The minimum Gasteiger partial charge on any atom is -0.507 e. The number of aliphatic hydroxyl groups is 3. The van der Waals surface area contributed by atoms with Gasteiger partial charge in [-0.1, -0.05) is 18.2 Å². The summed E-state index contributed by atoms with van der Waals surface area (Å²) in [4.78, 5) is 41.7. The van der Waals surface area contributed by atoms with Gasteiger partial charge in [0.25, 0.3) is 0 Å². The molecule has 0 saturated carbocycles. The van der Waals surface area contributed by atoms with Crippen molar-refractivity contribution in [2.45, 2.75) is 50.4 Å². The quantitative estimate of drug-likeness (QED) is 0.145. The summed E-state index contributed by atoms with van der Waals surface area (Å²) >= 11 is 0. The number of hydrogen-bond acceptors (Lipinski definition) is 11. The normalized spacial score (nSPS) is 17.5. The molecule has 0 saturated heterocycles. The van der Waals surface area contributed by atoms with Gasteiger partial charge in [-0.3, -0.25) is 14.4 Å². The number of nitrogens with two attached hydrogens (primary N) is 1. The lowest BCUT2D eigenvalue weighted by atomic mass is 9.69. The lowest BCUT2D eigenvalue weighted by molar-refractivity contribution is -0.157. The standard InChI is InChI=1S/C32H46N4O8/c1-35(2)24-13-21(16-34-15-20-8-6-7-9-27(20)44-5)31(42)30-22(24)10-19(12-26(30)39)11-23(25(17-37)36(3)4)32(43,18-38)28(40)14-29(33)41/h6-9,13,19,23,25,34,37-38,42-43H,10-12,14-18H2,1-5H3,(H2,33,41)/t19-,23-,25?,32+/m0/s1. The topological polar surface area (TPSA) is 186 Å². The molecule has 1 aliphatic rings. The molecule has 1 unspecified atom stereocenters. The summed E-state index contributed by atoms with van der Waals surface area (Å²) in [5.41, 5.74) is 5.98. The number of primary amides is 1. The summed E-state index contributed by atoms with van der Waals surface area (Å²) in [5, 5.41) is 46.5. The summed E-state index contributed by atoms with van der Waals surface area (Å²) in [7, 11) is 8.62. The number of likely N-dealkylation sites (N-methyl/N-ethyl adjacent to an activating group) is 1. The smallest absolute Gasteiger partial charge is 0.224 e. The third-order valence-corrected chi connectivity index (χ3v) is 8.59. The zero-order valence-electron chi connectivity index (χ0n) is 26.2. The lowest BCUT2D eigenvalue weighted by Gasteiger charge is -2.42. The maximum absolute atomic E-state index is 13.7. The monoisotopic (exact) mass is 614 g/mol. The number of amides is 1. The number of fused-ring (bicyclic) bond motifs is 1. The van der Waals surface area contributed by atoms with Crippen LogP contribution < -0.4 is 20.7 Å². The Morgan fingerprint density at radius 1 is 1.11 bits per heavy atom. The Balaban J connectivity index is 1.95. The molecule has 242 valence electrons. The largest absolute Gasteiger partial charge is 0.507 e. The van der Waals surface area contributed by atoms with E-state index in [1.807, 2.05) is 49.3 Å². The maximum Gasteiger partial charge on any atom is 0.224 e. The first-order chi connectivity index (χ1) is 20.8. The molecule has 0 bridgehead atoms. The minimum atomic E-state index is -2.38. The second kappa shape index (κ2) is 15.0. The number of Topliss-reactive ketones (excluding diaryl/α,β-unsaturated/α-hetero) is 2. The van der Waals surface area contributed by atoms with E-state index < -0.39 is 54.8 Å². The van der Waals surface area contributed by atoms with E-state index in [1.165, 1.54) is 0 Å². The van der Waals surface area contributed by atoms with Crippen LogP contribution in [0, 0.1) is 11.8 Å². The molecule has 0 spiro atoms. The average molecular weight is 615 g/mol. The van der Waals surface area contributed by atoms with Crippen LogP contribution in [0.5, 0.6) is 11.5 Å². The van der Waals surface area contributed by atoms with E-state index in [2.05, 4.69) is 5.32 Å². The van der Waals surface area contributed by atoms with Crippen LogP contribution in [-0.2, 0) is 29.1 Å². The molecule has 1 amide bonds. The highest BCUT2D eigenvalue weighted by Gasteiger charge is 2.49. The number of carbonyl (C=O) groups is 3. The number of phenolic OH excluding ortho intramolecular Hbond substituents is 1. The summed E-state index contributed by atoms with van der Waals surface area (Å²) in [6, 6.07) is 8.67. The Hall–Kier alpha value is -3.55. The maximum atomic E-state index is 13.7. The Morgan fingerprint density at radius 3 is 2.34 bits per heavy atom. The second-order valence-corrected chi connectivity index (χ2v) is 12.0. The van der Waals surface area contributed by atoms with Crippen molar-refractivity contribution >= 4 is 23.2 Å². The van der Waals surface area contributed by atoms with E-state index in [1.54, 1.807) is 26.1 Å². The number of ketones is 2. The number of benzene rings is 2. The Kier molecular flexibility index (Phi) is 11.9. The summed E-state index contributed by atoms with van der Waals surface area (Å²) < 4.78 is 5.42. The number of aromatic hydroxyl groups is 1. The molecule has 0 fully saturated rings. The third-order valence-electron chi connectivity index (χ3n) is 8.59. The fraction of sp³-hybridized carbons (Fsp3) is 0.531. The highest BCUT2D eigenvalue weighted by Crippen LogP contribution is 2.43. The van der Waals surface area contributed by atoms with Crippen molar-refractivity contribution in [3.63, 3.8) is 0 Å². The first-order valence-electron chi connectivity index (χ1n) is 14.6. The highest BCUT2D eigenvalue weighted by atomic mass is 16.5. The van der Waals surface area contributed by atoms with Gasteiger partial charge in [0.1, 0.15) is 11.5 Å². The predicted molar refractivity (Wildman–Crippen MR) is 166 cm³/mol. The van der Waals surface area contributed by atoms with Crippen molar-refractivity contribution in [3.8, 4) is 11.5 Å². The molecule has 7 N–H and O–H groups in total. The van der Waals surface area contributed by atoms with Crippen LogP contribution >= 0.6 is 0 Å². The number of ether oxygens (including phenoxy) is 1. The number of para-hydroxylation sites is 1. The molecule has 12 nitrogen and oxygen atoms in total. The van der Waals surface area contributed by atoms with Crippen LogP contribution in [-0.4, -0.2) is 103 Å². The van der Waals surface area contributed by atoms with Gasteiger partial charge in [-0.15, -0.1) is 0 Å². The van der Waals surface area contributed by atoms with E-state index in [4.69, 9.17) is 10.5 Å². The summed E-state index contributed by atoms with van der Waals surface area (Å²) in [6.07, 6.45) is -0.353. The van der Waals surface area contributed by atoms with Gasteiger partial charge in [0.05, 0.1) is 32.3 Å². The third kappa shape index (κ3) is 7.56. The molecule has 3 rings (SSSR count). The van der Waals surface area contributed by atoms with Gasteiger partial charge in [-0.25, -0.2) is 0 Å². The second-order valence-electron chi connectivity index (χ2n) is 12.0. The molecular weight excluding hydrogens is 568 g/mol. The van der Waals surface area contributed by atoms with Crippen LogP contribution in [0.4, 0.5) is 5.69 Å². The van der Waals surface area contributed by atoms with Gasteiger partial charge in [0.2, 0.25) is 5.91 Å². The fourth-order valence-corrected chi connectivity index (χ4v) is 6.27. The molecule has 0 radical (unpaired) electrons. The van der Waals surface area contributed by atoms with E-state index in [-0.39, 0.29) is 29.9 Å². The molecule has 0 aromatic heterocycles. The zero-order chi connectivity index (χ0) is 32.8. The SMILES string of the molecule is COc1ccccc1CNCc1cc(N(C)C)c2c(c1O)C(=O)C[C@H](C[C@@H](C(CO)N(C)C)[C@](O)(CO)C(=O)CC(N)=O)C2. The molecule has 2 aromatic rings. The van der Waals surface area contributed by atoms with Crippen molar-refractivity contribution in [1.29, 1.82) is 0 Å². The number of carbonyl (C=O) groups excluding carboxylic acids is 3. The number of methoxy groups -OCH3 is 1. The molecule has 12 heteroatoms. The Labute approximate surface area is 258 Å². The number of nitrogens with one attached hydrogen (secondary N) is 1. The lowest BCUT2D eigenvalue weighted by Crippen LogP contribution is -2.58. The summed E-state index contributed by atoms with van der Waals surface area (Å²) in [6.45, 7) is -0.658. The Bertz CT molecular complexity index is 1350. The molecule has 44 heavy (non-hydrogen) atoms. The van der Waals surface area contributed by atoms with Crippen LogP contribution in [0.1, 0.15) is 46.3 Å².